The SMILES string of the molecule is N#C/C(=C/c1cn(Cc2ccc(Cl)cc2)c2ccccc12)c1ccc2c(c1)OCO2. The Labute approximate surface area is 179 Å². The van der Waals surface area contributed by atoms with Gasteiger partial charge in [-0.05, 0) is 53.6 Å². The fraction of sp³-hybridized carbons (Fsp3) is 0.0800. The monoisotopic (exact) mass is 412 g/mol. The van der Waals surface area contributed by atoms with Gasteiger partial charge in [-0.25, -0.2) is 0 Å². The highest BCUT2D eigenvalue weighted by molar-refractivity contribution is 6.30. The Bertz CT molecular complexity index is 1310. The van der Waals surface area contributed by atoms with E-state index in [0.717, 1.165) is 39.2 Å². The number of ether oxygens (including phenoxy) is 2. The van der Waals surface area contributed by atoms with Gasteiger partial charge in [-0.2, -0.15) is 5.26 Å². The molecule has 0 saturated heterocycles. The number of allylic oxidation sites excluding steroid dienone is 1. The van der Waals surface area contributed by atoms with Crippen LogP contribution in [0.5, 0.6) is 11.5 Å². The minimum Gasteiger partial charge on any atom is -0.454 e. The quantitative estimate of drug-likeness (QED) is 0.378. The molecule has 0 aliphatic carbocycles. The molecule has 0 N–H and O–H groups in total. The summed E-state index contributed by atoms with van der Waals surface area (Å²) in [5.74, 6) is 1.37. The number of hydrogen-bond acceptors (Lipinski definition) is 3. The number of fused-ring (bicyclic) bond motifs is 2. The molecule has 3 aromatic carbocycles. The van der Waals surface area contributed by atoms with Crippen LogP contribution in [-0.4, -0.2) is 11.4 Å². The van der Waals surface area contributed by atoms with E-state index in [2.05, 4.69) is 29.0 Å². The molecule has 1 aromatic heterocycles. The molecule has 4 nitrogen and oxygen atoms in total. The zero-order chi connectivity index (χ0) is 20.5. The van der Waals surface area contributed by atoms with Crippen molar-refractivity contribution < 1.29 is 9.47 Å². The predicted molar refractivity (Wildman–Crippen MR) is 119 cm³/mol. The summed E-state index contributed by atoms with van der Waals surface area (Å²) in [4.78, 5) is 0. The normalized spacial score (nSPS) is 12.9. The van der Waals surface area contributed by atoms with Crippen LogP contribution in [0.25, 0.3) is 22.6 Å². The number of benzene rings is 3. The summed E-state index contributed by atoms with van der Waals surface area (Å²) in [6, 6.07) is 24.0. The topological polar surface area (TPSA) is 47.2 Å². The highest BCUT2D eigenvalue weighted by Crippen LogP contribution is 2.35. The van der Waals surface area contributed by atoms with Crippen molar-refractivity contribution in [1.82, 2.24) is 4.57 Å². The van der Waals surface area contributed by atoms with E-state index in [-0.39, 0.29) is 6.79 Å². The maximum absolute atomic E-state index is 9.82. The molecule has 5 rings (SSSR count). The Balaban J connectivity index is 1.56. The Morgan fingerprint density at radius 3 is 2.67 bits per heavy atom. The molecule has 0 radical (unpaired) electrons. The first-order valence-electron chi connectivity index (χ1n) is 9.55. The molecule has 2 heterocycles. The number of para-hydroxylation sites is 1. The second-order valence-corrected chi connectivity index (χ2v) is 7.53. The van der Waals surface area contributed by atoms with Crippen molar-refractivity contribution in [2.24, 2.45) is 0 Å². The Hall–Kier alpha value is -3.68. The van der Waals surface area contributed by atoms with Gasteiger partial charge in [0.1, 0.15) is 0 Å². The van der Waals surface area contributed by atoms with Gasteiger partial charge in [-0.3, -0.25) is 0 Å². The van der Waals surface area contributed by atoms with Crippen molar-refractivity contribution in [3.63, 3.8) is 0 Å². The van der Waals surface area contributed by atoms with Crippen LogP contribution in [-0.2, 0) is 6.54 Å². The van der Waals surface area contributed by atoms with Gasteiger partial charge in [-0.1, -0.05) is 41.9 Å². The summed E-state index contributed by atoms with van der Waals surface area (Å²) < 4.78 is 13.0. The molecule has 0 spiro atoms. The van der Waals surface area contributed by atoms with E-state index >= 15 is 0 Å². The van der Waals surface area contributed by atoms with Crippen LogP contribution in [0.1, 0.15) is 16.7 Å². The first-order chi connectivity index (χ1) is 14.7. The van der Waals surface area contributed by atoms with Gasteiger partial charge in [0.2, 0.25) is 6.79 Å². The minimum atomic E-state index is 0.211. The highest BCUT2D eigenvalue weighted by atomic mass is 35.5. The van der Waals surface area contributed by atoms with E-state index in [1.807, 2.05) is 60.7 Å². The Morgan fingerprint density at radius 2 is 1.83 bits per heavy atom. The van der Waals surface area contributed by atoms with Crippen LogP contribution in [0.3, 0.4) is 0 Å². The first-order valence-corrected chi connectivity index (χ1v) is 9.93. The second kappa shape index (κ2) is 7.62. The van der Waals surface area contributed by atoms with Crippen molar-refractivity contribution in [3.05, 3.63) is 94.6 Å². The summed E-state index contributed by atoms with van der Waals surface area (Å²) >= 11 is 6.02. The largest absolute Gasteiger partial charge is 0.454 e. The molecular weight excluding hydrogens is 396 g/mol. The molecule has 5 heteroatoms. The van der Waals surface area contributed by atoms with Crippen molar-refractivity contribution in [3.8, 4) is 17.6 Å². The molecule has 1 aliphatic heterocycles. The third kappa shape index (κ3) is 3.41. The summed E-state index contributed by atoms with van der Waals surface area (Å²) in [6.07, 6.45) is 4.02. The summed E-state index contributed by atoms with van der Waals surface area (Å²) in [5, 5.41) is 11.6. The third-order valence-corrected chi connectivity index (χ3v) is 5.44. The van der Waals surface area contributed by atoms with Crippen LogP contribution in [0.4, 0.5) is 0 Å². The average molecular weight is 413 g/mol. The molecule has 1 aliphatic rings. The first kappa shape index (κ1) is 18.4. The fourth-order valence-electron chi connectivity index (χ4n) is 3.71. The van der Waals surface area contributed by atoms with Gasteiger partial charge in [0.25, 0.3) is 0 Å². The lowest BCUT2D eigenvalue weighted by Crippen LogP contribution is -1.97. The van der Waals surface area contributed by atoms with Gasteiger partial charge in [-0.15, -0.1) is 0 Å². The van der Waals surface area contributed by atoms with Crippen molar-refractivity contribution >= 4 is 34.2 Å². The van der Waals surface area contributed by atoms with Crippen molar-refractivity contribution in [2.75, 3.05) is 6.79 Å². The second-order valence-electron chi connectivity index (χ2n) is 7.09. The smallest absolute Gasteiger partial charge is 0.231 e. The Kier molecular flexibility index (Phi) is 4.66. The van der Waals surface area contributed by atoms with E-state index in [9.17, 15) is 5.26 Å². The third-order valence-electron chi connectivity index (χ3n) is 5.19. The van der Waals surface area contributed by atoms with E-state index < -0.39 is 0 Å². The number of nitriles is 1. The molecule has 0 bridgehead atoms. The molecule has 146 valence electrons. The van der Waals surface area contributed by atoms with Crippen molar-refractivity contribution in [2.45, 2.75) is 6.54 Å². The van der Waals surface area contributed by atoms with Crippen LogP contribution in [0, 0.1) is 11.3 Å². The summed E-state index contributed by atoms with van der Waals surface area (Å²) in [6.45, 7) is 0.931. The lowest BCUT2D eigenvalue weighted by atomic mass is 10.0. The molecule has 4 aromatic rings. The van der Waals surface area contributed by atoms with Gasteiger partial charge < -0.3 is 14.0 Å². The molecule has 30 heavy (non-hydrogen) atoms. The number of halogens is 1. The standard InChI is InChI=1S/C25H17ClN2O2/c26-21-8-5-17(6-9-21)14-28-15-20(22-3-1-2-4-23(22)28)11-19(13-27)18-7-10-24-25(12-18)30-16-29-24/h1-12,15H,14,16H2/b19-11-. The Morgan fingerprint density at radius 1 is 1.03 bits per heavy atom. The van der Waals surface area contributed by atoms with E-state index in [4.69, 9.17) is 21.1 Å². The average Bonchev–Trinajstić information content (AvgIpc) is 3.38. The van der Waals surface area contributed by atoms with Crippen molar-refractivity contribution in [1.29, 1.82) is 5.26 Å². The van der Waals surface area contributed by atoms with Crippen LogP contribution in [0.2, 0.25) is 5.02 Å². The molecular formula is C25H17ClN2O2. The van der Waals surface area contributed by atoms with Crippen LogP contribution in [0.15, 0.2) is 72.9 Å². The number of aromatic nitrogens is 1. The number of hydrogen-bond donors (Lipinski definition) is 0. The van der Waals surface area contributed by atoms with Gasteiger partial charge in [0.05, 0.1) is 11.6 Å². The van der Waals surface area contributed by atoms with Crippen LogP contribution < -0.4 is 9.47 Å². The summed E-state index contributed by atoms with van der Waals surface area (Å²) in [5.41, 5.74) is 4.64. The lowest BCUT2D eigenvalue weighted by Gasteiger charge is -2.05. The summed E-state index contributed by atoms with van der Waals surface area (Å²) in [7, 11) is 0. The van der Waals surface area contributed by atoms with E-state index in [1.165, 1.54) is 0 Å². The molecule has 0 amide bonds. The predicted octanol–water partition coefficient (Wildman–Crippen LogP) is 6.14. The van der Waals surface area contributed by atoms with Crippen LogP contribution >= 0.6 is 11.6 Å². The highest BCUT2D eigenvalue weighted by Gasteiger charge is 2.15. The maximum Gasteiger partial charge on any atom is 0.231 e. The maximum atomic E-state index is 9.82. The lowest BCUT2D eigenvalue weighted by molar-refractivity contribution is 0.174. The molecule has 0 atom stereocenters. The minimum absolute atomic E-state index is 0.211. The van der Waals surface area contributed by atoms with Gasteiger partial charge >= 0.3 is 0 Å². The van der Waals surface area contributed by atoms with Gasteiger partial charge in [0, 0.05) is 34.2 Å². The zero-order valence-corrected chi connectivity index (χ0v) is 16.8. The van der Waals surface area contributed by atoms with Gasteiger partial charge in [0.15, 0.2) is 11.5 Å². The number of rotatable bonds is 4. The molecule has 0 fully saturated rings. The van der Waals surface area contributed by atoms with E-state index in [0.29, 0.717) is 17.1 Å². The number of nitrogens with zero attached hydrogens (tertiary/aromatic N) is 2. The molecule has 0 unspecified atom stereocenters. The van der Waals surface area contributed by atoms with E-state index in [1.54, 1.807) is 0 Å². The zero-order valence-electron chi connectivity index (χ0n) is 16.0. The molecule has 0 saturated carbocycles. The fourth-order valence-corrected chi connectivity index (χ4v) is 3.83.